The fourth-order valence-corrected chi connectivity index (χ4v) is 2.92. The number of nitrogens with one attached hydrogen (secondary N) is 2. The summed E-state index contributed by atoms with van der Waals surface area (Å²) in [5, 5.41) is 3.17. The van der Waals surface area contributed by atoms with Crippen molar-refractivity contribution in [1.82, 2.24) is 9.71 Å². The van der Waals surface area contributed by atoms with Crippen molar-refractivity contribution in [2.75, 3.05) is 18.4 Å². The average Bonchev–Trinajstić information content (AvgIpc) is 2.40. The SMILES string of the molecule is CCNc1ncc(S(=O)(=O)NCCCCC(N)=O)cc1Cl. The van der Waals surface area contributed by atoms with Crippen molar-refractivity contribution in [2.24, 2.45) is 5.73 Å². The zero-order chi connectivity index (χ0) is 15.9. The van der Waals surface area contributed by atoms with Gasteiger partial charge in [0.2, 0.25) is 15.9 Å². The summed E-state index contributed by atoms with van der Waals surface area (Å²) in [5.41, 5.74) is 5.00. The molecular weight excluding hydrogens is 316 g/mol. The van der Waals surface area contributed by atoms with Gasteiger partial charge in [0.15, 0.2) is 0 Å². The fourth-order valence-electron chi connectivity index (χ4n) is 1.58. The van der Waals surface area contributed by atoms with Crippen molar-refractivity contribution in [3.63, 3.8) is 0 Å². The lowest BCUT2D eigenvalue weighted by Crippen LogP contribution is -2.25. The smallest absolute Gasteiger partial charge is 0.242 e. The molecule has 9 heteroatoms. The molecule has 0 aromatic carbocycles. The van der Waals surface area contributed by atoms with Gasteiger partial charge in [0, 0.05) is 25.7 Å². The summed E-state index contributed by atoms with van der Waals surface area (Å²) in [6.07, 6.45) is 2.55. The highest BCUT2D eigenvalue weighted by molar-refractivity contribution is 7.89. The van der Waals surface area contributed by atoms with Gasteiger partial charge in [-0.2, -0.15) is 0 Å². The van der Waals surface area contributed by atoms with Crippen LogP contribution in [-0.4, -0.2) is 32.4 Å². The van der Waals surface area contributed by atoms with E-state index in [0.717, 1.165) is 0 Å². The minimum Gasteiger partial charge on any atom is -0.370 e. The van der Waals surface area contributed by atoms with Crippen LogP contribution in [0.1, 0.15) is 26.2 Å². The highest BCUT2D eigenvalue weighted by atomic mass is 35.5. The Kier molecular flexibility index (Phi) is 6.86. The standard InChI is InChI=1S/C12H19ClN4O3S/c1-2-15-12-10(13)7-9(8-16-12)21(19,20)17-6-4-3-5-11(14)18/h7-8,17H,2-6H2,1H3,(H2,14,18)(H,15,16). The molecule has 0 radical (unpaired) electrons. The molecular formula is C12H19ClN4O3S. The number of hydrogen-bond acceptors (Lipinski definition) is 5. The monoisotopic (exact) mass is 334 g/mol. The predicted octanol–water partition coefficient (Wildman–Crippen LogP) is 1.10. The van der Waals surface area contributed by atoms with Crippen LogP contribution < -0.4 is 15.8 Å². The molecule has 0 spiro atoms. The van der Waals surface area contributed by atoms with E-state index in [4.69, 9.17) is 17.3 Å². The molecule has 0 bridgehead atoms. The summed E-state index contributed by atoms with van der Waals surface area (Å²) < 4.78 is 26.5. The van der Waals surface area contributed by atoms with E-state index in [9.17, 15) is 13.2 Å². The summed E-state index contributed by atoms with van der Waals surface area (Å²) in [5.74, 6) is 0.0485. The molecule has 21 heavy (non-hydrogen) atoms. The Morgan fingerprint density at radius 2 is 2.14 bits per heavy atom. The highest BCUT2D eigenvalue weighted by Crippen LogP contribution is 2.22. The summed E-state index contributed by atoms with van der Waals surface area (Å²) >= 11 is 5.96. The molecule has 0 aliphatic rings. The number of sulfonamides is 1. The lowest BCUT2D eigenvalue weighted by molar-refractivity contribution is -0.118. The first-order chi connectivity index (χ1) is 9.86. The first-order valence-electron chi connectivity index (χ1n) is 6.54. The Hall–Kier alpha value is -1.38. The van der Waals surface area contributed by atoms with Crippen LogP contribution in [0.15, 0.2) is 17.2 Å². The van der Waals surface area contributed by atoms with E-state index in [1.54, 1.807) is 0 Å². The lowest BCUT2D eigenvalue weighted by Gasteiger charge is -2.09. The number of aromatic nitrogens is 1. The molecule has 7 nitrogen and oxygen atoms in total. The van der Waals surface area contributed by atoms with E-state index in [0.29, 0.717) is 25.2 Å². The molecule has 1 heterocycles. The Balaban J connectivity index is 2.62. The molecule has 1 amide bonds. The maximum atomic E-state index is 12.0. The fraction of sp³-hybridized carbons (Fsp3) is 0.500. The third-order valence-corrected chi connectivity index (χ3v) is 4.33. The summed E-state index contributed by atoms with van der Waals surface area (Å²) in [7, 11) is -3.66. The van der Waals surface area contributed by atoms with Crippen molar-refractivity contribution >= 4 is 33.3 Å². The average molecular weight is 335 g/mol. The van der Waals surface area contributed by atoms with Crippen molar-refractivity contribution in [1.29, 1.82) is 0 Å². The van der Waals surface area contributed by atoms with Gasteiger partial charge in [-0.1, -0.05) is 11.6 Å². The Bertz CT molecular complexity index is 592. The van der Waals surface area contributed by atoms with Crippen LogP contribution in [0.4, 0.5) is 5.82 Å². The zero-order valence-corrected chi connectivity index (χ0v) is 13.3. The molecule has 1 aromatic heterocycles. The first-order valence-corrected chi connectivity index (χ1v) is 8.40. The Morgan fingerprint density at radius 1 is 1.43 bits per heavy atom. The van der Waals surface area contributed by atoms with E-state index in [1.807, 2.05) is 6.92 Å². The van der Waals surface area contributed by atoms with Gasteiger partial charge in [-0.15, -0.1) is 0 Å². The van der Waals surface area contributed by atoms with Crippen LogP contribution in [0, 0.1) is 0 Å². The zero-order valence-electron chi connectivity index (χ0n) is 11.7. The van der Waals surface area contributed by atoms with Crippen LogP contribution in [0.2, 0.25) is 5.02 Å². The summed E-state index contributed by atoms with van der Waals surface area (Å²) in [6.45, 7) is 2.75. The number of unbranched alkanes of at least 4 members (excludes halogenated alkanes) is 1. The van der Waals surface area contributed by atoms with E-state index in [-0.39, 0.29) is 22.9 Å². The molecule has 0 saturated carbocycles. The minimum atomic E-state index is -3.66. The van der Waals surface area contributed by atoms with Gasteiger partial charge in [0.1, 0.15) is 10.7 Å². The van der Waals surface area contributed by atoms with Gasteiger partial charge >= 0.3 is 0 Å². The van der Waals surface area contributed by atoms with Crippen molar-refractivity contribution in [3.05, 3.63) is 17.3 Å². The molecule has 0 atom stereocenters. The number of anilines is 1. The maximum absolute atomic E-state index is 12.0. The highest BCUT2D eigenvalue weighted by Gasteiger charge is 2.16. The number of carbonyl (C=O) groups is 1. The second kappa shape index (κ2) is 8.16. The van der Waals surface area contributed by atoms with Crippen LogP contribution in [0.25, 0.3) is 0 Å². The molecule has 0 fully saturated rings. The van der Waals surface area contributed by atoms with Crippen molar-refractivity contribution < 1.29 is 13.2 Å². The quantitative estimate of drug-likeness (QED) is 0.585. The summed E-state index contributed by atoms with van der Waals surface area (Å²) in [4.78, 5) is 14.5. The van der Waals surface area contributed by atoms with E-state index in [2.05, 4.69) is 15.0 Å². The number of nitrogens with zero attached hydrogens (tertiary/aromatic N) is 1. The van der Waals surface area contributed by atoms with Crippen molar-refractivity contribution in [3.8, 4) is 0 Å². The predicted molar refractivity (Wildman–Crippen MR) is 81.6 cm³/mol. The second-order valence-corrected chi connectivity index (χ2v) is 6.53. The van der Waals surface area contributed by atoms with E-state index in [1.165, 1.54) is 12.3 Å². The molecule has 118 valence electrons. The number of hydrogen-bond donors (Lipinski definition) is 3. The number of nitrogens with two attached hydrogens (primary N) is 1. The number of amides is 1. The van der Waals surface area contributed by atoms with Gasteiger partial charge in [-0.05, 0) is 25.8 Å². The molecule has 1 aromatic rings. The maximum Gasteiger partial charge on any atom is 0.242 e. The van der Waals surface area contributed by atoms with Gasteiger partial charge < -0.3 is 11.1 Å². The lowest BCUT2D eigenvalue weighted by atomic mass is 10.2. The number of pyridine rings is 1. The Morgan fingerprint density at radius 3 is 2.71 bits per heavy atom. The third-order valence-electron chi connectivity index (χ3n) is 2.61. The minimum absolute atomic E-state index is 0.00375. The van der Waals surface area contributed by atoms with E-state index >= 15 is 0 Å². The normalized spacial score (nSPS) is 11.3. The molecule has 1 rings (SSSR count). The van der Waals surface area contributed by atoms with Crippen LogP contribution in [0.5, 0.6) is 0 Å². The number of primary amides is 1. The topological polar surface area (TPSA) is 114 Å². The molecule has 0 aliphatic carbocycles. The largest absolute Gasteiger partial charge is 0.370 e. The molecule has 0 aliphatic heterocycles. The number of carbonyl (C=O) groups excluding carboxylic acids is 1. The number of halogens is 1. The van der Waals surface area contributed by atoms with Gasteiger partial charge in [-0.3, -0.25) is 4.79 Å². The molecule has 0 unspecified atom stereocenters. The van der Waals surface area contributed by atoms with Crippen LogP contribution in [-0.2, 0) is 14.8 Å². The molecule has 4 N–H and O–H groups in total. The van der Waals surface area contributed by atoms with Crippen LogP contribution >= 0.6 is 11.6 Å². The molecule has 0 saturated heterocycles. The number of rotatable bonds is 9. The first kappa shape index (κ1) is 17.7. The van der Waals surface area contributed by atoms with Crippen LogP contribution in [0.3, 0.4) is 0 Å². The van der Waals surface area contributed by atoms with Gasteiger partial charge in [0.25, 0.3) is 0 Å². The second-order valence-electron chi connectivity index (χ2n) is 4.35. The Labute approximate surface area is 129 Å². The van der Waals surface area contributed by atoms with Crippen molar-refractivity contribution in [2.45, 2.75) is 31.1 Å². The van der Waals surface area contributed by atoms with Gasteiger partial charge in [0.05, 0.1) is 5.02 Å². The third kappa shape index (κ3) is 5.86. The van der Waals surface area contributed by atoms with E-state index < -0.39 is 15.9 Å². The van der Waals surface area contributed by atoms with Gasteiger partial charge in [-0.25, -0.2) is 18.1 Å². The summed E-state index contributed by atoms with van der Waals surface area (Å²) in [6, 6.07) is 1.35.